The molecule has 0 N–H and O–H groups in total. The molecule has 2 heterocycles. The van der Waals surface area contributed by atoms with E-state index in [1.165, 1.54) is 13.4 Å². The van der Waals surface area contributed by atoms with Gasteiger partial charge in [-0.1, -0.05) is 0 Å². The molecule has 1 aliphatic heterocycles. The lowest BCUT2D eigenvalue weighted by molar-refractivity contribution is -0.129. The van der Waals surface area contributed by atoms with E-state index in [2.05, 4.69) is 14.7 Å². The Kier molecular flexibility index (Phi) is 3.94. The van der Waals surface area contributed by atoms with Gasteiger partial charge in [-0.2, -0.15) is 0 Å². The number of methoxy groups -OCH3 is 1. The Morgan fingerprint density at radius 1 is 1.21 bits per heavy atom. The second-order valence-corrected chi connectivity index (χ2v) is 4.25. The van der Waals surface area contributed by atoms with Gasteiger partial charge in [-0.05, 0) is 0 Å². The van der Waals surface area contributed by atoms with E-state index in [-0.39, 0.29) is 11.6 Å². The molecular weight excluding hydrogens is 248 g/mol. The van der Waals surface area contributed by atoms with E-state index >= 15 is 0 Å². The Balaban J connectivity index is 2.07. The van der Waals surface area contributed by atoms with Crippen LogP contribution in [0, 0.1) is 0 Å². The predicted octanol–water partition coefficient (Wildman–Crippen LogP) is -0.0683. The highest BCUT2D eigenvalue weighted by Gasteiger charge is 2.20. The molecular formula is C12H16N4O3. The van der Waals surface area contributed by atoms with E-state index in [0.29, 0.717) is 32.0 Å². The van der Waals surface area contributed by atoms with Gasteiger partial charge in [0.05, 0.1) is 7.11 Å². The summed E-state index contributed by atoms with van der Waals surface area (Å²) in [6, 6.07) is 1.61. The van der Waals surface area contributed by atoms with Crippen molar-refractivity contribution >= 4 is 17.7 Å². The van der Waals surface area contributed by atoms with Crippen molar-refractivity contribution in [1.29, 1.82) is 0 Å². The fourth-order valence-electron chi connectivity index (χ4n) is 1.99. The summed E-state index contributed by atoms with van der Waals surface area (Å²) in [4.78, 5) is 34.5. The van der Waals surface area contributed by atoms with Gasteiger partial charge in [-0.15, -0.1) is 0 Å². The molecule has 1 amide bonds. The van der Waals surface area contributed by atoms with Crippen LogP contribution >= 0.6 is 0 Å². The second kappa shape index (κ2) is 5.64. The average Bonchev–Trinajstić information content (AvgIpc) is 2.46. The van der Waals surface area contributed by atoms with E-state index in [1.54, 1.807) is 17.9 Å². The summed E-state index contributed by atoms with van der Waals surface area (Å²) in [5.74, 6) is 0.280. The molecule has 0 bridgehead atoms. The Morgan fingerprint density at radius 2 is 1.89 bits per heavy atom. The van der Waals surface area contributed by atoms with Gasteiger partial charge in [-0.3, -0.25) is 4.79 Å². The molecule has 1 aromatic heterocycles. The number of piperazine rings is 1. The van der Waals surface area contributed by atoms with Gasteiger partial charge in [0.25, 0.3) is 0 Å². The summed E-state index contributed by atoms with van der Waals surface area (Å²) in [6.45, 7) is 4.27. The molecule has 0 saturated carbocycles. The molecule has 0 atom stereocenters. The highest BCUT2D eigenvalue weighted by atomic mass is 16.5. The van der Waals surface area contributed by atoms with Crippen molar-refractivity contribution in [2.24, 2.45) is 0 Å². The van der Waals surface area contributed by atoms with E-state index in [9.17, 15) is 9.59 Å². The number of ether oxygens (including phenoxy) is 1. The topological polar surface area (TPSA) is 75.6 Å². The standard InChI is InChI=1S/C12H16N4O3/c1-9(17)15-3-5-16(6-4-15)11-7-10(12(18)19-2)13-8-14-11/h7-8H,3-6H2,1-2H3. The van der Waals surface area contributed by atoms with Crippen LogP contribution in [0.3, 0.4) is 0 Å². The van der Waals surface area contributed by atoms with Crippen LogP contribution in [0.1, 0.15) is 17.4 Å². The number of hydrogen-bond acceptors (Lipinski definition) is 6. The van der Waals surface area contributed by atoms with E-state index in [0.717, 1.165) is 0 Å². The molecule has 7 heteroatoms. The molecule has 1 saturated heterocycles. The second-order valence-electron chi connectivity index (χ2n) is 4.25. The van der Waals surface area contributed by atoms with Crippen LogP contribution in [0.4, 0.5) is 5.82 Å². The first-order chi connectivity index (χ1) is 9.11. The van der Waals surface area contributed by atoms with Gasteiger partial charge in [0.15, 0.2) is 5.69 Å². The number of hydrogen-bond donors (Lipinski definition) is 0. The first-order valence-electron chi connectivity index (χ1n) is 6.02. The maximum Gasteiger partial charge on any atom is 0.356 e. The smallest absolute Gasteiger partial charge is 0.356 e. The van der Waals surface area contributed by atoms with Gasteiger partial charge in [0.2, 0.25) is 5.91 Å². The zero-order valence-corrected chi connectivity index (χ0v) is 11.0. The van der Waals surface area contributed by atoms with Crippen molar-refractivity contribution in [3.63, 3.8) is 0 Å². The van der Waals surface area contributed by atoms with E-state index in [4.69, 9.17) is 0 Å². The quantitative estimate of drug-likeness (QED) is 0.696. The first kappa shape index (κ1) is 13.3. The van der Waals surface area contributed by atoms with Crippen LogP contribution in [0.25, 0.3) is 0 Å². The van der Waals surface area contributed by atoms with Crippen molar-refractivity contribution in [1.82, 2.24) is 14.9 Å². The van der Waals surface area contributed by atoms with Gasteiger partial charge >= 0.3 is 5.97 Å². The SMILES string of the molecule is COC(=O)c1cc(N2CCN(C(C)=O)CC2)ncn1. The maximum atomic E-state index is 11.4. The first-order valence-corrected chi connectivity index (χ1v) is 6.02. The van der Waals surface area contributed by atoms with Crippen LogP contribution in [-0.4, -0.2) is 60.0 Å². The van der Waals surface area contributed by atoms with Crippen molar-refractivity contribution in [3.05, 3.63) is 18.1 Å². The molecule has 0 aliphatic carbocycles. The van der Waals surface area contributed by atoms with E-state index in [1.807, 2.05) is 4.90 Å². The molecule has 102 valence electrons. The molecule has 2 rings (SSSR count). The molecule has 7 nitrogen and oxygen atoms in total. The molecule has 1 aliphatic rings. The summed E-state index contributed by atoms with van der Waals surface area (Å²) in [7, 11) is 1.32. The lowest BCUT2D eigenvalue weighted by Crippen LogP contribution is -2.48. The van der Waals surface area contributed by atoms with Crippen molar-refractivity contribution in [3.8, 4) is 0 Å². The van der Waals surface area contributed by atoms with Crippen molar-refractivity contribution in [2.75, 3.05) is 38.2 Å². The van der Waals surface area contributed by atoms with Gasteiger partial charge in [-0.25, -0.2) is 14.8 Å². The minimum absolute atomic E-state index is 0.0811. The zero-order chi connectivity index (χ0) is 13.8. The Labute approximate surface area is 111 Å². The molecule has 0 radical (unpaired) electrons. The van der Waals surface area contributed by atoms with Crippen molar-refractivity contribution < 1.29 is 14.3 Å². The highest BCUT2D eigenvalue weighted by Crippen LogP contribution is 2.14. The summed E-state index contributed by atoms with van der Waals surface area (Å²) in [6.07, 6.45) is 1.35. The Hall–Kier alpha value is -2.18. The number of aromatic nitrogens is 2. The monoisotopic (exact) mass is 264 g/mol. The lowest BCUT2D eigenvalue weighted by atomic mass is 10.3. The van der Waals surface area contributed by atoms with Crippen LogP contribution in [0.15, 0.2) is 12.4 Å². The van der Waals surface area contributed by atoms with Crippen molar-refractivity contribution in [2.45, 2.75) is 6.92 Å². The minimum atomic E-state index is -0.481. The predicted molar refractivity (Wildman–Crippen MR) is 67.8 cm³/mol. The number of anilines is 1. The number of esters is 1. The fourth-order valence-corrected chi connectivity index (χ4v) is 1.99. The van der Waals surface area contributed by atoms with Gasteiger partial charge in [0.1, 0.15) is 12.1 Å². The summed E-state index contributed by atoms with van der Waals surface area (Å²) in [5, 5.41) is 0. The molecule has 0 aromatic carbocycles. The Bertz CT molecular complexity index is 484. The molecule has 0 spiro atoms. The minimum Gasteiger partial charge on any atom is -0.464 e. The molecule has 19 heavy (non-hydrogen) atoms. The van der Waals surface area contributed by atoms with Crippen LogP contribution in [0.2, 0.25) is 0 Å². The number of carbonyl (C=O) groups is 2. The van der Waals surface area contributed by atoms with Crippen LogP contribution < -0.4 is 4.90 Å². The third-order valence-corrected chi connectivity index (χ3v) is 3.10. The van der Waals surface area contributed by atoms with Crippen LogP contribution in [0.5, 0.6) is 0 Å². The lowest BCUT2D eigenvalue weighted by Gasteiger charge is -2.34. The fraction of sp³-hybridized carbons (Fsp3) is 0.500. The summed E-state index contributed by atoms with van der Waals surface area (Å²) < 4.78 is 4.63. The number of amides is 1. The number of nitrogens with zero attached hydrogens (tertiary/aromatic N) is 4. The Morgan fingerprint density at radius 3 is 2.47 bits per heavy atom. The summed E-state index contributed by atoms with van der Waals surface area (Å²) >= 11 is 0. The molecule has 0 unspecified atom stereocenters. The third-order valence-electron chi connectivity index (χ3n) is 3.10. The third kappa shape index (κ3) is 2.98. The maximum absolute atomic E-state index is 11.4. The highest BCUT2D eigenvalue weighted by molar-refractivity contribution is 5.87. The number of rotatable bonds is 2. The zero-order valence-electron chi connectivity index (χ0n) is 11.0. The summed E-state index contributed by atoms with van der Waals surface area (Å²) in [5.41, 5.74) is 0.237. The van der Waals surface area contributed by atoms with Crippen LogP contribution in [-0.2, 0) is 9.53 Å². The molecule has 1 aromatic rings. The van der Waals surface area contributed by atoms with E-state index < -0.39 is 5.97 Å². The van der Waals surface area contributed by atoms with Gasteiger partial charge in [0, 0.05) is 39.2 Å². The number of carbonyl (C=O) groups excluding carboxylic acids is 2. The largest absolute Gasteiger partial charge is 0.464 e. The van der Waals surface area contributed by atoms with Gasteiger partial charge < -0.3 is 14.5 Å². The normalized spacial score (nSPS) is 15.3. The average molecular weight is 264 g/mol. The molecule has 1 fully saturated rings.